The quantitative estimate of drug-likeness (QED) is 0.275. The summed E-state index contributed by atoms with van der Waals surface area (Å²) >= 11 is 24.6. The number of nitriles is 1. The maximum atomic E-state index is 12.5. The number of hydrogen-bond donors (Lipinski definition) is 1. The Morgan fingerprint density at radius 3 is 2.22 bits per heavy atom. The predicted octanol–water partition coefficient (Wildman–Crippen LogP) is 7.73. The number of ether oxygens (including phenoxy) is 1. The standard InChI is InChI=1S/C24H16Cl4N2O2/c1-14-2-5-18(6-3-14)30-24(31)17(12-29)8-16-10-21(27)23(22(28)11-16)32-13-15-4-7-19(25)20(26)9-15/h2-11H,13H2,1H3,(H,30,31)/b17-8+. The van der Waals surface area contributed by atoms with Gasteiger partial charge in [-0.15, -0.1) is 0 Å². The van der Waals surface area contributed by atoms with E-state index < -0.39 is 5.91 Å². The Kier molecular flexibility index (Phi) is 8.06. The van der Waals surface area contributed by atoms with Crippen LogP contribution in [0.1, 0.15) is 16.7 Å². The zero-order chi connectivity index (χ0) is 23.3. The van der Waals surface area contributed by atoms with Gasteiger partial charge >= 0.3 is 0 Å². The number of anilines is 1. The number of halogens is 4. The van der Waals surface area contributed by atoms with Gasteiger partial charge in [0.1, 0.15) is 18.2 Å². The third-order valence-corrected chi connectivity index (χ3v) is 5.67. The molecule has 32 heavy (non-hydrogen) atoms. The SMILES string of the molecule is Cc1ccc(NC(=O)/C(C#N)=C/c2cc(Cl)c(OCc3ccc(Cl)c(Cl)c3)c(Cl)c2)cc1. The maximum absolute atomic E-state index is 12.5. The van der Waals surface area contributed by atoms with Gasteiger partial charge in [-0.2, -0.15) is 5.26 Å². The lowest BCUT2D eigenvalue weighted by Gasteiger charge is -2.12. The van der Waals surface area contributed by atoms with E-state index >= 15 is 0 Å². The molecule has 0 saturated heterocycles. The molecule has 3 aromatic rings. The van der Waals surface area contributed by atoms with Gasteiger partial charge in [0.05, 0.1) is 20.1 Å². The Hall–Kier alpha value is -2.68. The van der Waals surface area contributed by atoms with Gasteiger partial charge in [0.15, 0.2) is 5.75 Å². The highest BCUT2D eigenvalue weighted by molar-refractivity contribution is 6.42. The Labute approximate surface area is 205 Å². The fraction of sp³-hybridized carbons (Fsp3) is 0.0833. The Morgan fingerprint density at radius 2 is 1.62 bits per heavy atom. The Morgan fingerprint density at radius 1 is 0.969 bits per heavy atom. The number of benzene rings is 3. The molecule has 0 aliphatic rings. The number of amides is 1. The van der Waals surface area contributed by atoms with E-state index in [1.165, 1.54) is 6.08 Å². The number of carbonyl (C=O) groups excluding carboxylic acids is 1. The second kappa shape index (κ2) is 10.8. The van der Waals surface area contributed by atoms with E-state index in [1.54, 1.807) is 42.5 Å². The topological polar surface area (TPSA) is 62.1 Å². The molecule has 0 radical (unpaired) electrons. The summed E-state index contributed by atoms with van der Waals surface area (Å²) in [5.74, 6) is -0.261. The molecule has 0 fully saturated rings. The molecule has 0 spiro atoms. The lowest BCUT2D eigenvalue weighted by molar-refractivity contribution is -0.112. The maximum Gasteiger partial charge on any atom is 0.266 e. The number of carbonyl (C=O) groups is 1. The van der Waals surface area contributed by atoms with E-state index in [2.05, 4.69) is 5.32 Å². The van der Waals surface area contributed by atoms with Crippen molar-refractivity contribution in [2.24, 2.45) is 0 Å². The molecule has 3 rings (SSSR count). The van der Waals surface area contributed by atoms with Gasteiger partial charge in [-0.1, -0.05) is 70.2 Å². The van der Waals surface area contributed by atoms with E-state index in [4.69, 9.17) is 51.1 Å². The van der Waals surface area contributed by atoms with Crippen LogP contribution in [0, 0.1) is 18.3 Å². The van der Waals surface area contributed by atoms with Crippen molar-refractivity contribution in [2.45, 2.75) is 13.5 Å². The third kappa shape index (κ3) is 6.18. The molecule has 0 saturated carbocycles. The molecule has 0 aromatic heterocycles. The fourth-order valence-corrected chi connectivity index (χ4v) is 3.67. The van der Waals surface area contributed by atoms with Gasteiger partial charge in [0, 0.05) is 5.69 Å². The zero-order valence-electron chi connectivity index (χ0n) is 16.8. The molecule has 3 aromatic carbocycles. The van der Waals surface area contributed by atoms with E-state index in [0.29, 0.717) is 21.3 Å². The van der Waals surface area contributed by atoms with Crippen LogP contribution in [0.15, 0.2) is 60.2 Å². The van der Waals surface area contributed by atoms with Crippen LogP contribution >= 0.6 is 46.4 Å². The van der Waals surface area contributed by atoms with Crippen LogP contribution in [0.25, 0.3) is 6.08 Å². The second-order valence-corrected chi connectivity index (χ2v) is 8.47. The van der Waals surface area contributed by atoms with Crippen molar-refractivity contribution in [2.75, 3.05) is 5.32 Å². The molecule has 162 valence electrons. The predicted molar refractivity (Wildman–Crippen MR) is 131 cm³/mol. The molecule has 0 heterocycles. The van der Waals surface area contributed by atoms with E-state index in [-0.39, 0.29) is 28.0 Å². The van der Waals surface area contributed by atoms with Gasteiger partial charge in [0.25, 0.3) is 5.91 Å². The molecular weight excluding hydrogens is 490 g/mol. The third-order valence-electron chi connectivity index (χ3n) is 4.37. The number of hydrogen-bond acceptors (Lipinski definition) is 3. The summed E-state index contributed by atoms with van der Waals surface area (Å²) < 4.78 is 5.74. The Bertz CT molecular complexity index is 1210. The minimum Gasteiger partial charge on any atom is -0.486 e. The number of rotatable bonds is 6. The van der Waals surface area contributed by atoms with Crippen LogP contribution in [-0.4, -0.2) is 5.91 Å². The van der Waals surface area contributed by atoms with Crippen molar-refractivity contribution in [3.8, 4) is 11.8 Å². The zero-order valence-corrected chi connectivity index (χ0v) is 19.8. The molecule has 0 unspecified atom stereocenters. The lowest BCUT2D eigenvalue weighted by atomic mass is 10.1. The second-order valence-electron chi connectivity index (χ2n) is 6.84. The first-order chi connectivity index (χ1) is 15.3. The van der Waals surface area contributed by atoms with Crippen LogP contribution in [0.4, 0.5) is 5.69 Å². The minimum absolute atomic E-state index is 0.0952. The fourth-order valence-electron chi connectivity index (χ4n) is 2.74. The van der Waals surface area contributed by atoms with Crippen molar-refractivity contribution in [1.82, 2.24) is 0 Å². The van der Waals surface area contributed by atoms with E-state index in [9.17, 15) is 10.1 Å². The molecule has 0 atom stereocenters. The molecule has 8 heteroatoms. The molecule has 0 aliphatic heterocycles. The van der Waals surface area contributed by atoms with Gasteiger partial charge < -0.3 is 10.1 Å². The summed E-state index contributed by atoms with van der Waals surface area (Å²) in [6.45, 7) is 2.12. The number of nitrogens with zero attached hydrogens (tertiary/aromatic N) is 1. The average Bonchev–Trinajstić information content (AvgIpc) is 2.75. The molecular formula is C24H16Cl4N2O2. The van der Waals surface area contributed by atoms with Crippen LogP contribution in [0.2, 0.25) is 20.1 Å². The van der Waals surface area contributed by atoms with Crippen LogP contribution in [0.5, 0.6) is 5.75 Å². The molecule has 0 aliphatic carbocycles. The van der Waals surface area contributed by atoms with Gasteiger partial charge in [-0.3, -0.25) is 4.79 Å². The van der Waals surface area contributed by atoms with Crippen LogP contribution < -0.4 is 10.1 Å². The molecule has 1 N–H and O–H groups in total. The average molecular weight is 506 g/mol. The highest BCUT2D eigenvalue weighted by Crippen LogP contribution is 2.36. The van der Waals surface area contributed by atoms with Crippen molar-refractivity contribution in [3.63, 3.8) is 0 Å². The molecule has 4 nitrogen and oxygen atoms in total. The normalized spacial score (nSPS) is 11.1. The van der Waals surface area contributed by atoms with Crippen LogP contribution in [-0.2, 0) is 11.4 Å². The van der Waals surface area contributed by atoms with Gasteiger partial charge in [-0.25, -0.2) is 0 Å². The van der Waals surface area contributed by atoms with Gasteiger partial charge in [-0.05, 0) is 60.5 Å². The van der Waals surface area contributed by atoms with Crippen molar-refractivity contribution >= 4 is 64.1 Å². The van der Waals surface area contributed by atoms with Gasteiger partial charge in [0.2, 0.25) is 0 Å². The summed E-state index contributed by atoms with van der Waals surface area (Å²) in [5, 5.41) is 13.5. The molecule has 1 amide bonds. The highest BCUT2D eigenvalue weighted by atomic mass is 35.5. The number of nitrogens with one attached hydrogen (secondary N) is 1. The summed E-state index contributed by atoms with van der Waals surface area (Å²) in [6, 6.07) is 17.4. The van der Waals surface area contributed by atoms with Crippen molar-refractivity contribution < 1.29 is 9.53 Å². The summed E-state index contributed by atoms with van der Waals surface area (Å²) in [7, 11) is 0. The first-order valence-electron chi connectivity index (χ1n) is 9.32. The Balaban J connectivity index is 1.76. The highest BCUT2D eigenvalue weighted by Gasteiger charge is 2.13. The molecule has 0 bridgehead atoms. The smallest absolute Gasteiger partial charge is 0.266 e. The van der Waals surface area contributed by atoms with Crippen molar-refractivity contribution in [1.29, 1.82) is 5.26 Å². The minimum atomic E-state index is -0.538. The van der Waals surface area contributed by atoms with Crippen molar-refractivity contribution in [3.05, 3.63) is 97.0 Å². The first-order valence-corrected chi connectivity index (χ1v) is 10.8. The summed E-state index contributed by atoms with van der Waals surface area (Å²) in [5.41, 5.74) is 2.82. The van der Waals surface area contributed by atoms with Crippen LogP contribution in [0.3, 0.4) is 0 Å². The van der Waals surface area contributed by atoms with E-state index in [0.717, 1.165) is 11.1 Å². The summed E-state index contributed by atoms with van der Waals surface area (Å²) in [4.78, 5) is 12.5. The largest absolute Gasteiger partial charge is 0.486 e. The monoisotopic (exact) mass is 504 g/mol. The lowest BCUT2D eigenvalue weighted by Crippen LogP contribution is -2.13. The summed E-state index contributed by atoms with van der Waals surface area (Å²) in [6.07, 6.45) is 1.41. The number of aryl methyl sites for hydroxylation is 1. The first kappa shape index (κ1) is 24.0. The van der Waals surface area contributed by atoms with E-state index in [1.807, 2.05) is 25.1 Å².